The van der Waals surface area contributed by atoms with E-state index in [1.807, 2.05) is 0 Å². The maximum absolute atomic E-state index is 12.0. The van der Waals surface area contributed by atoms with E-state index in [9.17, 15) is 14.9 Å². The van der Waals surface area contributed by atoms with E-state index in [-0.39, 0.29) is 17.3 Å². The zero-order valence-electron chi connectivity index (χ0n) is 9.58. The predicted molar refractivity (Wildman–Crippen MR) is 55.8 cm³/mol. The lowest BCUT2D eigenvalue weighted by molar-refractivity contribution is -0.547. The van der Waals surface area contributed by atoms with Crippen LogP contribution in [0.25, 0.3) is 0 Å². The first-order chi connectivity index (χ1) is 7.92. The van der Waals surface area contributed by atoms with Gasteiger partial charge in [0.1, 0.15) is 12.0 Å². The summed E-state index contributed by atoms with van der Waals surface area (Å²) in [7, 11) is 0. The summed E-state index contributed by atoms with van der Waals surface area (Å²) in [6.45, 7) is 3.75. The lowest BCUT2D eigenvalue weighted by Crippen LogP contribution is -2.46. The highest BCUT2D eigenvalue weighted by atomic mass is 16.7. The van der Waals surface area contributed by atoms with Crippen LogP contribution in [0, 0.1) is 21.4 Å². The lowest BCUT2D eigenvalue weighted by atomic mass is 9.83. The van der Waals surface area contributed by atoms with Crippen LogP contribution in [-0.2, 0) is 14.3 Å². The zero-order valence-corrected chi connectivity index (χ0v) is 9.58. The summed E-state index contributed by atoms with van der Waals surface area (Å²) in [6.07, 6.45) is 0.523. The molecule has 0 amide bonds. The third-order valence-corrected chi connectivity index (χ3v) is 3.80. The van der Waals surface area contributed by atoms with Crippen molar-refractivity contribution in [3.8, 4) is 0 Å². The number of ketones is 1. The van der Waals surface area contributed by atoms with Crippen LogP contribution in [0.2, 0.25) is 0 Å². The highest BCUT2D eigenvalue weighted by Crippen LogP contribution is 2.48. The van der Waals surface area contributed by atoms with Gasteiger partial charge in [-0.1, -0.05) is 6.08 Å². The Morgan fingerprint density at radius 3 is 2.88 bits per heavy atom. The molecule has 0 aromatic carbocycles. The van der Waals surface area contributed by atoms with E-state index in [1.165, 1.54) is 0 Å². The maximum Gasteiger partial charge on any atom is 0.233 e. The summed E-state index contributed by atoms with van der Waals surface area (Å²) in [6, 6.07) is -0.856. The second-order valence-corrected chi connectivity index (χ2v) is 5.37. The van der Waals surface area contributed by atoms with Gasteiger partial charge in [0.05, 0.1) is 12.0 Å². The van der Waals surface area contributed by atoms with Crippen molar-refractivity contribution in [1.82, 2.24) is 0 Å². The van der Waals surface area contributed by atoms with Crippen molar-refractivity contribution in [3.05, 3.63) is 21.8 Å². The van der Waals surface area contributed by atoms with E-state index in [0.29, 0.717) is 5.57 Å². The van der Waals surface area contributed by atoms with Crippen molar-refractivity contribution in [2.75, 3.05) is 6.61 Å². The summed E-state index contributed by atoms with van der Waals surface area (Å²) in [5.41, 5.74) is -0.119. The third kappa shape index (κ3) is 1.31. The van der Waals surface area contributed by atoms with Crippen molar-refractivity contribution < 1.29 is 19.2 Å². The molecule has 2 heterocycles. The quantitative estimate of drug-likeness (QED) is 0.493. The molecule has 0 aromatic heterocycles. The van der Waals surface area contributed by atoms with Crippen molar-refractivity contribution >= 4 is 5.78 Å². The van der Waals surface area contributed by atoms with E-state index in [1.54, 1.807) is 19.9 Å². The van der Waals surface area contributed by atoms with Crippen LogP contribution >= 0.6 is 0 Å². The molecule has 3 aliphatic rings. The van der Waals surface area contributed by atoms with Crippen molar-refractivity contribution in [1.29, 1.82) is 0 Å². The van der Waals surface area contributed by atoms with E-state index >= 15 is 0 Å². The number of Topliss-reactive ketones (excluding diaryl/α,β-unsaturated/α-hetero) is 1. The number of nitro groups is 1. The van der Waals surface area contributed by atoms with Gasteiger partial charge < -0.3 is 9.47 Å². The Bertz CT molecular complexity index is 441. The second-order valence-electron chi connectivity index (χ2n) is 5.37. The van der Waals surface area contributed by atoms with Crippen LogP contribution in [-0.4, -0.2) is 35.7 Å². The summed E-state index contributed by atoms with van der Waals surface area (Å²) in [5, 5.41) is 11.2. The van der Waals surface area contributed by atoms with Gasteiger partial charge in [0.25, 0.3) is 0 Å². The largest absolute Gasteiger partial charge is 0.348 e. The van der Waals surface area contributed by atoms with Gasteiger partial charge in [-0.25, -0.2) is 0 Å². The number of carbonyl (C=O) groups is 1. The van der Waals surface area contributed by atoms with Crippen molar-refractivity contribution in [3.63, 3.8) is 0 Å². The smallest absolute Gasteiger partial charge is 0.233 e. The third-order valence-electron chi connectivity index (χ3n) is 3.80. The first-order valence-electron chi connectivity index (χ1n) is 5.59. The SMILES string of the molecule is CC1(C)C=C2C(=O)[C@H]3CO[C@H](O3)[C@@H]2[C@H]1[N+](=O)[O-]. The van der Waals surface area contributed by atoms with Crippen LogP contribution in [0.4, 0.5) is 0 Å². The number of ether oxygens (including phenoxy) is 2. The molecule has 0 saturated carbocycles. The van der Waals surface area contributed by atoms with Gasteiger partial charge in [-0.3, -0.25) is 14.9 Å². The van der Waals surface area contributed by atoms with Gasteiger partial charge in [0, 0.05) is 10.5 Å². The minimum atomic E-state index is -0.856. The molecule has 2 aliphatic heterocycles. The Hall–Kier alpha value is -1.27. The number of rotatable bonds is 1. The first-order valence-corrected chi connectivity index (χ1v) is 5.59. The Kier molecular flexibility index (Phi) is 2.01. The summed E-state index contributed by atoms with van der Waals surface area (Å²) < 4.78 is 10.7. The summed E-state index contributed by atoms with van der Waals surface area (Å²) in [4.78, 5) is 22.9. The van der Waals surface area contributed by atoms with Crippen LogP contribution in [0.3, 0.4) is 0 Å². The normalized spacial score (nSPS) is 42.2. The molecular formula is C11H13NO5. The highest BCUT2D eigenvalue weighted by Gasteiger charge is 2.61. The fraction of sp³-hybridized carbons (Fsp3) is 0.727. The number of hydrogen-bond donors (Lipinski definition) is 0. The Morgan fingerprint density at radius 2 is 2.24 bits per heavy atom. The monoisotopic (exact) mass is 239 g/mol. The van der Waals surface area contributed by atoms with E-state index in [0.717, 1.165) is 0 Å². The molecule has 92 valence electrons. The zero-order chi connectivity index (χ0) is 12.4. The number of carbonyl (C=O) groups excluding carboxylic acids is 1. The molecule has 2 fully saturated rings. The fourth-order valence-corrected chi connectivity index (χ4v) is 3.08. The molecule has 1 aliphatic carbocycles. The van der Waals surface area contributed by atoms with Crippen LogP contribution in [0.5, 0.6) is 0 Å². The molecule has 17 heavy (non-hydrogen) atoms. The molecule has 0 aromatic rings. The summed E-state index contributed by atoms with van der Waals surface area (Å²) >= 11 is 0. The van der Waals surface area contributed by atoms with Crippen LogP contribution < -0.4 is 0 Å². The van der Waals surface area contributed by atoms with Gasteiger partial charge in [-0.2, -0.15) is 0 Å². The van der Waals surface area contributed by atoms with Crippen LogP contribution in [0.15, 0.2) is 11.6 Å². The first kappa shape index (κ1) is 10.9. The Balaban J connectivity index is 2.08. The van der Waals surface area contributed by atoms with Gasteiger partial charge in [0.2, 0.25) is 6.04 Å². The standard InChI is InChI=1S/C11H13NO5/c1-11(2)3-5-7(9(11)12(14)15)10-16-4-6(17-10)8(5)13/h3,6-7,9-10H,4H2,1-2H3/t6-,7+,9-,10-/m1/s1. The minimum Gasteiger partial charge on any atom is -0.348 e. The minimum absolute atomic E-state index is 0.152. The molecule has 0 N–H and O–H groups in total. The van der Waals surface area contributed by atoms with Crippen LogP contribution in [0.1, 0.15) is 13.8 Å². The average molecular weight is 239 g/mol. The average Bonchev–Trinajstić information content (AvgIpc) is 2.74. The summed E-state index contributed by atoms with van der Waals surface area (Å²) in [5.74, 6) is -0.715. The molecule has 0 unspecified atom stereocenters. The number of nitrogens with zero attached hydrogens (tertiary/aromatic N) is 1. The fourth-order valence-electron chi connectivity index (χ4n) is 3.08. The molecule has 6 heteroatoms. The molecule has 6 nitrogen and oxygen atoms in total. The number of fused-ring (bicyclic) bond motifs is 4. The Labute approximate surface area is 97.7 Å². The number of hydrogen-bond acceptors (Lipinski definition) is 5. The van der Waals surface area contributed by atoms with E-state index in [2.05, 4.69) is 0 Å². The molecule has 2 bridgehead atoms. The molecule has 3 rings (SSSR count). The molecule has 0 spiro atoms. The van der Waals surface area contributed by atoms with E-state index < -0.39 is 29.8 Å². The lowest BCUT2D eigenvalue weighted by Gasteiger charge is -2.29. The highest BCUT2D eigenvalue weighted by molar-refractivity contribution is 6.01. The van der Waals surface area contributed by atoms with Gasteiger partial charge in [0.15, 0.2) is 12.1 Å². The van der Waals surface area contributed by atoms with Gasteiger partial charge in [-0.15, -0.1) is 0 Å². The van der Waals surface area contributed by atoms with Crippen molar-refractivity contribution in [2.24, 2.45) is 11.3 Å². The Morgan fingerprint density at radius 1 is 1.53 bits per heavy atom. The van der Waals surface area contributed by atoms with Gasteiger partial charge in [-0.05, 0) is 13.8 Å². The molecule has 4 atom stereocenters. The predicted octanol–water partition coefficient (Wildman–Crippen LogP) is 0.538. The topological polar surface area (TPSA) is 78.7 Å². The van der Waals surface area contributed by atoms with E-state index in [4.69, 9.17) is 9.47 Å². The van der Waals surface area contributed by atoms with Crippen molar-refractivity contribution in [2.45, 2.75) is 32.3 Å². The second kappa shape index (κ2) is 3.14. The van der Waals surface area contributed by atoms with Gasteiger partial charge >= 0.3 is 0 Å². The molecule has 0 radical (unpaired) electrons. The molecular weight excluding hydrogens is 226 g/mol. The molecule has 2 saturated heterocycles. The maximum atomic E-state index is 12.0.